The zero-order valence-corrected chi connectivity index (χ0v) is 11.6. The van der Waals surface area contributed by atoms with Gasteiger partial charge in [-0.2, -0.15) is 0 Å². The molecule has 1 aromatic carbocycles. The molecule has 1 aliphatic heterocycles. The van der Waals surface area contributed by atoms with Gasteiger partial charge in [-0.1, -0.05) is 26.0 Å². The maximum absolute atomic E-state index is 11.4. The Morgan fingerprint density at radius 3 is 2.89 bits per heavy atom. The minimum Gasteiger partial charge on any atom is -0.478 e. The van der Waals surface area contributed by atoms with Gasteiger partial charge in [0.05, 0.1) is 11.3 Å². The fourth-order valence-electron chi connectivity index (χ4n) is 2.74. The SMILES string of the molecule is CC(C)C[C@@H]1CNCCN1c1ccccc1C(=O)O. The second kappa shape index (κ2) is 6.06. The van der Waals surface area contributed by atoms with Crippen LogP contribution < -0.4 is 10.2 Å². The fourth-order valence-corrected chi connectivity index (χ4v) is 2.74. The van der Waals surface area contributed by atoms with Crippen LogP contribution in [0.15, 0.2) is 24.3 Å². The summed E-state index contributed by atoms with van der Waals surface area (Å²) in [6.45, 7) is 7.10. The molecular formula is C15H22N2O2. The van der Waals surface area contributed by atoms with Crippen molar-refractivity contribution in [3.63, 3.8) is 0 Å². The maximum atomic E-state index is 11.4. The summed E-state index contributed by atoms with van der Waals surface area (Å²) in [6, 6.07) is 7.67. The molecule has 0 radical (unpaired) electrons. The Morgan fingerprint density at radius 1 is 1.47 bits per heavy atom. The summed E-state index contributed by atoms with van der Waals surface area (Å²) < 4.78 is 0. The molecule has 0 amide bonds. The summed E-state index contributed by atoms with van der Waals surface area (Å²) >= 11 is 0. The lowest BCUT2D eigenvalue weighted by atomic mass is 9.99. The summed E-state index contributed by atoms with van der Waals surface area (Å²) in [5.41, 5.74) is 1.25. The Balaban J connectivity index is 2.29. The van der Waals surface area contributed by atoms with Crippen LogP contribution in [-0.4, -0.2) is 36.8 Å². The number of piperazine rings is 1. The smallest absolute Gasteiger partial charge is 0.337 e. The van der Waals surface area contributed by atoms with Crippen molar-refractivity contribution in [2.45, 2.75) is 26.3 Å². The number of para-hydroxylation sites is 1. The van der Waals surface area contributed by atoms with E-state index in [1.54, 1.807) is 12.1 Å². The van der Waals surface area contributed by atoms with E-state index in [0.29, 0.717) is 17.5 Å². The van der Waals surface area contributed by atoms with Crippen molar-refractivity contribution in [2.75, 3.05) is 24.5 Å². The Morgan fingerprint density at radius 2 is 2.21 bits per heavy atom. The summed E-state index contributed by atoms with van der Waals surface area (Å²) in [4.78, 5) is 13.6. The van der Waals surface area contributed by atoms with Crippen molar-refractivity contribution in [1.29, 1.82) is 0 Å². The Kier molecular flexibility index (Phi) is 4.43. The molecule has 1 fully saturated rings. The Bertz CT molecular complexity index is 446. The number of rotatable bonds is 4. The third-order valence-electron chi connectivity index (χ3n) is 3.54. The molecular weight excluding hydrogens is 240 g/mol. The second-order valence-electron chi connectivity index (χ2n) is 5.50. The molecule has 2 N–H and O–H groups in total. The number of carbonyl (C=O) groups is 1. The van der Waals surface area contributed by atoms with E-state index in [1.807, 2.05) is 12.1 Å². The van der Waals surface area contributed by atoms with E-state index in [9.17, 15) is 9.90 Å². The van der Waals surface area contributed by atoms with Crippen LogP contribution in [0.1, 0.15) is 30.6 Å². The zero-order chi connectivity index (χ0) is 13.8. The van der Waals surface area contributed by atoms with Crippen LogP contribution >= 0.6 is 0 Å². The predicted molar refractivity (Wildman–Crippen MR) is 76.9 cm³/mol. The van der Waals surface area contributed by atoms with Crippen LogP contribution in [0.3, 0.4) is 0 Å². The molecule has 0 bridgehead atoms. The van der Waals surface area contributed by atoms with Gasteiger partial charge in [0.25, 0.3) is 0 Å². The van der Waals surface area contributed by atoms with Crippen molar-refractivity contribution in [2.24, 2.45) is 5.92 Å². The molecule has 0 aromatic heterocycles. The first-order chi connectivity index (χ1) is 9.09. The van der Waals surface area contributed by atoms with E-state index in [1.165, 1.54) is 0 Å². The molecule has 1 atom stereocenters. The van der Waals surface area contributed by atoms with Gasteiger partial charge in [-0.05, 0) is 24.5 Å². The molecule has 1 aliphatic rings. The van der Waals surface area contributed by atoms with Crippen LogP contribution in [0.5, 0.6) is 0 Å². The normalized spacial score (nSPS) is 19.7. The first-order valence-corrected chi connectivity index (χ1v) is 6.89. The highest BCUT2D eigenvalue weighted by Gasteiger charge is 2.26. The number of nitrogens with one attached hydrogen (secondary N) is 1. The summed E-state index contributed by atoms with van der Waals surface area (Å²) in [6.07, 6.45) is 1.07. The van der Waals surface area contributed by atoms with Gasteiger partial charge in [-0.3, -0.25) is 0 Å². The highest BCUT2D eigenvalue weighted by molar-refractivity contribution is 5.94. The van der Waals surface area contributed by atoms with Crippen LogP contribution in [0, 0.1) is 5.92 Å². The van der Waals surface area contributed by atoms with Crippen molar-refractivity contribution < 1.29 is 9.90 Å². The van der Waals surface area contributed by atoms with E-state index in [4.69, 9.17) is 0 Å². The molecule has 2 rings (SSSR count). The van der Waals surface area contributed by atoms with Gasteiger partial charge in [-0.15, -0.1) is 0 Å². The van der Waals surface area contributed by atoms with E-state index in [0.717, 1.165) is 31.7 Å². The van der Waals surface area contributed by atoms with Crippen LogP contribution in [-0.2, 0) is 0 Å². The average molecular weight is 262 g/mol. The van der Waals surface area contributed by atoms with Gasteiger partial charge in [-0.25, -0.2) is 4.79 Å². The van der Waals surface area contributed by atoms with E-state index in [2.05, 4.69) is 24.1 Å². The van der Waals surface area contributed by atoms with Crippen molar-refractivity contribution in [3.05, 3.63) is 29.8 Å². The minimum absolute atomic E-state index is 0.370. The van der Waals surface area contributed by atoms with Gasteiger partial charge in [0.2, 0.25) is 0 Å². The van der Waals surface area contributed by atoms with E-state index in [-0.39, 0.29) is 0 Å². The number of benzene rings is 1. The van der Waals surface area contributed by atoms with Crippen LogP contribution in [0.4, 0.5) is 5.69 Å². The highest BCUT2D eigenvalue weighted by Crippen LogP contribution is 2.26. The van der Waals surface area contributed by atoms with Gasteiger partial charge in [0.15, 0.2) is 0 Å². The Hall–Kier alpha value is -1.55. The molecule has 4 nitrogen and oxygen atoms in total. The molecule has 0 unspecified atom stereocenters. The molecule has 0 aliphatic carbocycles. The standard InChI is InChI=1S/C15H22N2O2/c1-11(2)9-12-10-16-7-8-17(12)14-6-4-3-5-13(14)15(18)19/h3-6,11-12,16H,7-10H2,1-2H3,(H,18,19)/t12-/m1/s1. The molecule has 0 spiro atoms. The quantitative estimate of drug-likeness (QED) is 0.873. The molecule has 0 saturated carbocycles. The molecule has 1 heterocycles. The number of hydrogen-bond donors (Lipinski definition) is 2. The first kappa shape index (κ1) is 13.9. The van der Waals surface area contributed by atoms with Crippen LogP contribution in [0.2, 0.25) is 0 Å². The van der Waals surface area contributed by atoms with E-state index < -0.39 is 5.97 Å². The number of anilines is 1. The second-order valence-corrected chi connectivity index (χ2v) is 5.50. The Labute approximate surface area is 114 Å². The summed E-state index contributed by atoms with van der Waals surface area (Å²) in [5.74, 6) is -0.248. The number of nitrogens with zero attached hydrogens (tertiary/aromatic N) is 1. The fraction of sp³-hybridized carbons (Fsp3) is 0.533. The maximum Gasteiger partial charge on any atom is 0.337 e. The first-order valence-electron chi connectivity index (χ1n) is 6.89. The number of hydrogen-bond acceptors (Lipinski definition) is 3. The number of carboxylic acid groups (broad SMARTS) is 1. The topological polar surface area (TPSA) is 52.6 Å². The highest BCUT2D eigenvalue weighted by atomic mass is 16.4. The van der Waals surface area contributed by atoms with Gasteiger partial charge >= 0.3 is 5.97 Å². The van der Waals surface area contributed by atoms with Crippen molar-refractivity contribution >= 4 is 11.7 Å². The van der Waals surface area contributed by atoms with Crippen LogP contribution in [0.25, 0.3) is 0 Å². The number of carboxylic acids is 1. The molecule has 19 heavy (non-hydrogen) atoms. The average Bonchev–Trinajstić information content (AvgIpc) is 2.38. The lowest BCUT2D eigenvalue weighted by Crippen LogP contribution is -2.52. The predicted octanol–water partition coefficient (Wildman–Crippen LogP) is 2.21. The zero-order valence-electron chi connectivity index (χ0n) is 11.6. The molecule has 1 saturated heterocycles. The third-order valence-corrected chi connectivity index (χ3v) is 3.54. The molecule has 4 heteroatoms. The largest absolute Gasteiger partial charge is 0.478 e. The minimum atomic E-state index is -0.850. The monoisotopic (exact) mass is 262 g/mol. The van der Waals surface area contributed by atoms with Gasteiger partial charge in [0, 0.05) is 25.7 Å². The lowest BCUT2D eigenvalue weighted by molar-refractivity contribution is 0.0697. The number of aromatic carboxylic acids is 1. The summed E-state index contributed by atoms with van der Waals surface area (Å²) in [5, 5.41) is 12.7. The van der Waals surface area contributed by atoms with Gasteiger partial charge in [0.1, 0.15) is 0 Å². The van der Waals surface area contributed by atoms with Crippen molar-refractivity contribution in [3.8, 4) is 0 Å². The summed E-state index contributed by atoms with van der Waals surface area (Å²) in [7, 11) is 0. The molecule has 1 aromatic rings. The van der Waals surface area contributed by atoms with Crippen molar-refractivity contribution in [1.82, 2.24) is 5.32 Å². The van der Waals surface area contributed by atoms with Gasteiger partial charge < -0.3 is 15.3 Å². The third kappa shape index (κ3) is 3.26. The van der Waals surface area contributed by atoms with E-state index >= 15 is 0 Å². The molecule has 104 valence electrons. The lowest BCUT2D eigenvalue weighted by Gasteiger charge is -2.39.